The van der Waals surface area contributed by atoms with Crippen LogP contribution in [-0.4, -0.2) is 22.6 Å². The molecule has 2 aromatic rings. The third kappa shape index (κ3) is 2.31. The van der Waals surface area contributed by atoms with Gasteiger partial charge in [-0.1, -0.05) is 0 Å². The number of fused-ring (bicyclic) bond motifs is 1. The van der Waals surface area contributed by atoms with Crippen molar-refractivity contribution in [3.05, 3.63) is 46.8 Å². The van der Waals surface area contributed by atoms with Crippen LogP contribution in [0.4, 0.5) is 5.69 Å². The van der Waals surface area contributed by atoms with Gasteiger partial charge in [0.25, 0.3) is 5.91 Å². The van der Waals surface area contributed by atoms with Gasteiger partial charge in [-0.05, 0) is 37.1 Å². The number of aromatic amines is 1. The minimum atomic E-state index is -0.0460. The van der Waals surface area contributed by atoms with Gasteiger partial charge in [0.15, 0.2) is 0 Å². The zero-order valence-corrected chi connectivity index (χ0v) is 10.8. The number of rotatable bonds is 3. The molecule has 5 heteroatoms. The van der Waals surface area contributed by atoms with Crippen LogP contribution in [0.15, 0.2) is 24.4 Å². The van der Waals surface area contributed by atoms with Crippen LogP contribution in [-0.2, 0) is 13.0 Å². The largest absolute Gasteiger partial charge is 0.384 e. The van der Waals surface area contributed by atoms with Gasteiger partial charge in [-0.25, -0.2) is 0 Å². The number of hydrogen-bond donors (Lipinski definition) is 3. The van der Waals surface area contributed by atoms with Crippen molar-refractivity contribution in [2.24, 2.45) is 0 Å². The number of aryl methyl sites for hydroxylation is 1. The quantitative estimate of drug-likeness (QED) is 0.781. The van der Waals surface area contributed by atoms with Gasteiger partial charge in [0.2, 0.25) is 0 Å². The molecule has 0 unspecified atom stereocenters. The average molecular weight is 256 g/mol. The van der Waals surface area contributed by atoms with Crippen molar-refractivity contribution in [1.82, 2.24) is 15.5 Å². The predicted octanol–water partition coefficient (Wildman–Crippen LogP) is 1.62. The third-order valence-electron chi connectivity index (χ3n) is 3.45. The van der Waals surface area contributed by atoms with Crippen LogP contribution in [0.1, 0.15) is 27.2 Å². The molecule has 5 nitrogen and oxygen atoms in total. The molecule has 0 atom stereocenters. The van der Waals surface area contributed by atoms with Gasteiger partial charge in [0.1, 0.15) is 0 Å². The predicted molar refractivity (Wildman–Crippen MR) is 73.1 cm³/mol. The van der Waals surface area contributed by atoms with E-state index in [1.807, 2.05) is 25.1 Å². The van der Waals surface area contributed by atoms with Crippen LogP contribution >= 0.6 is 0 Å². The fourth-order valence-corrected chi connectivity index (χ4v) is 2.28. The van der Waals surface area contributed by atoms with Crippen molar-refractivity contribution in [3.8, 4) is 0 Å². The second-order valence-electron chi connectivity index (χ2n) is 4.75. The maximum atomic E-state index is 12.1. The zero-order valence-electron chi connectivity index (χ0n) is 10.8. The number of anilines is 1. The Bertz CT molecular complexity index is 618. The van der Waals surface area contributed by atoms with E-state index in [-0.39, 0.29) is 5.91 Å². The Hall–Kier alpha value is -2.30. The molecule has 0 bridgehead atoms. The van der Waals surface area contributed by atoms with Crippen LogP contribution in [0.2, 0.25) is 0 Å². The number of carbonyl (C=O) groups excluding carboxylic acids is 1. The molecule has 2 heterocycles. The summed E-state index contributed by atoms with van der Waals surface area (Å²) in [5.41, 5.74) is 5.06. The number of carbonyl (C=O) groups is 1. The van der Waals surface area contributed by atoms with E-state index in [0.717, 1.165) is 29.9 Å². The van der Waals surface area contributed by atoms with Crippen molar-refractivity contribution in [1.29, 1.82) is 0 Å². The maximum absolute atomic E-state index is 12.1. The molecular weight excluding hydrogens is 240 g/mol. The zero-order chi connectivity index (χ0) is 13.2. The normalized spacial score (nSPS) is 12.9. The van der Waals surface area contributed by atoms with E-state index in [1.54, 1.807) is 6.20 Å². The van der Waals surface area contributed by atoms with Gasteiger partial charge < -0.3 is 10.6 Å². The smallest absolute Gasteiger partial charge is 0.251 e. The molecular formula is C14H16N4O. The molecule has 19 heavy (non-hydrogen) atoms. The number of aromatic nitrogens is 2. The van der Waals surface area contributed by atoms with Crippen LogP contribution in [0.25, 0.3) is 0 Å². The minimum Gasteiger partial charge on any atom is -0.384 e. The van der Waals surface area contributed by atoms with E-state index >= 15 is 0 Å². The Kier molecular flexibility index (Phi) is 2.95. The molecule has 1 aliphatic rings. The van der Waals surface area contributed by atoms with Gasteiger partial charge in [-0.3, -0.25) is 9.89 Å². The SMILES string of the molecule is Cc1[nH]ncc1CNC(=O)c1ccc2c(c1)CCN2. The summed E-state index contributed by atoms with van der Waals surface area (Å²) >= 11 is 0. The monoisotopic (exact) mass is 256 g/mol. The number of benzene rings is 1. The highest BCUT2D eigenvalue weighted by Gasteiger charge is 2.13. The molecule has 0 saturated carbocycles. The van der Waals surface area contributed by atoms with Crippen LogP contribution in [0.3, 0.4) is 0 Å². The van der Waals surface area contributed by atoms with E-state index in [1.165, 1.54) is 5.56 Å². The van der Waals surface area contributed by atoms with Gasteiger partial charge in [0, 0.05) is 35.6 Å². The second kappa shape index (κ2) is 4.76. The van der Waals surface area contributed by atoms with Gasteiger partial charge in [-0.15, -0.1) is 0 Å². The Morgan fingerprint density at radius 2 is 2.37 bits per heavy atom. The first-order chi connectivity index (χ1) is 9.24. The lowest BCUT2D eigenvalue weighted by atomic mass is 10.1. The Morgan fingerprint density at radius 1 is 1.47 bits per heavy atom. The molecule has 0 fully saturated rings. The van der Waals surface area contributed by atoms with Crippen molar-refractivity contribution >= 4 is 11.6 Å². The van der Waals surface area contributed by atoms with Crippen molar-refractivity contribution < 1.29 is 4.79 Å². The molecule has 3 rings (SSSR count). The molecule has 98 valence electrons. The molecule has 0 spiro atoms. The summed E-state index contributed by atoms with van der Waals surface area (Å²) in [5.74, 6) is -0.0460. The molecule has 0 radical (unpaired) electrons. The molecule has 1 amide bonds. The van der Waals surface area contributed by atoms with Crippen LogP contribution < -0.4 is 10.6 Å². The minimum absolute atomic E-state index is 0.0460. The summed E-state index contributed by atoms with van der Waals surface area (Å²) in [7, 11) is 0. The van der Waals surface area contributed by atoms with Crippen molar-refractivity contribution in [3.63, 3.8) is 0 Å². The molecule has 1 aromatic carbocycles. The van der Waals surface area contributed by atoms with Crippen LogP contribution in [0.5, 0.6) is 0 Å². The molecule has 0 aliphatic carbocycles. The maximum Gasteiger partial charge on any atom is 0.251 e. The second-order valence-corrected chi connectivity index (χ2v) is 4.75. The lowest BCUT2D eigenvalue weighted by Gasteiger charge is -2.06. The van der Waals surface area contributed by atoms with Gasteiger partial charge in [-0.2, -0.15) is 5.10 Å². The molecule has 3 N–H and O–H groups in total. The summed E-state index contributed by atoms with van der Waals surface area (Å²) in [6.07, 6.45) is 2.72. The number of nitrogens with one attached hydrogen (secondary N) is 3. The molecule has 1 aliphatic heterocycles. The Morgan fingerprint density at radius 3 is 3.16 bits per heavy atom. The summed E-state index contributed by atoms with van der Waals surface area (Å²) in [6, 6.07) is 5.79. The van der Waals surface area contributed by atoms with E-state index in [2.05, 4.69) is 20.8 Å². The Balaban J connectivity index is 1.69. The summed E-state index contributed by atoms with van der Waals surface area (Å²) < 4.78 is 0. The van der Waals surface area contributed by atoms with E-state index in [4.69, 9.17) is 0 Å². The number of amides is 1. The highest BCUT2D eigenvalue weighted by Crippen LogP contribution is 2.22. The number of nitrogens with zero attached hydrogens (tertiary/aromatic N) is 1. The number of hydrogen-bond acceptors (Lipinski definition) is 3. The fraction of sp³-hybridized carbons (Fsp3) is 0.286. The van der Waals surface area contributed by atoms with Crippen molar-refractivity contribution in [2.45, 2.75) is 19.9 Å². The summed E-state index contributed by atoms with van der Waals surface area (Å²) in [4.78, 5) is 12.1. The van der Waals surface area contributed by atoms with Gasteiger partial charge >= 0.3 is 0 Å². The third-order valence-corrected chi connectivity index (χ3v) is 3.45. The molecule has 1 aromatic heterocycles. The topological polar surface area (TPSA) is 69.8 Å². The standard InChI is InChI=1S/C14H16N4O/c1-9-12(8-17-18-9)7-16-14(19)11-2-3-13-10(6-11)4-5-15-13/h2-3,6,8,15H,4-5,7H2,1H3,(H,16,19)(H,17,18). The van der Waals surface area contributed by atoms with E-state index < -0.39 is 0 Å². The highest BCUT2D eigenvalue weighted by molar-refractivity contribution is 5.95. The van der Waals surface area contributed by atoms with Crippen molar-refractivity contribution in [2.75, 3.05) is 11.9 Å². The first-order valence-corrected chi connectivity index (χ1v) is 6.38. The first kappa shape index (κ1) is 11.8. The highest BCUT2D eigenvalue weighted by atomic mass is 16.1. The lowest BCUT2D eigenvalue weighted by molar-refractivity contribution is 0.0951. The van der Waals surface area contributed by atoms with Crippen LogP contribution in [0, 0.1) is 6.92 Å². The van der Waals surface area contributed by atoms with E-state index in [9.17, 15) is 4.79 Å². The molecule has 0 saturated heterocycles. The first-order valence-electron chi connectivity index (χ1n) is 6.38. The fourth-order valence-electron chi connectivity index (χ4n) is 2.28. The average Bonchev–Trinajstić information content (AvgIpc) is 3.03. The van der Waals surface area contributed by atoms with Gasteiger partial charge in [0.05, 0.1) is 6.20 Å². The summed E-state index contributed by atoms with van der Waals surface area (Å²) in [6.45, 7) is 3.39. The summed E-state index contributed by atoms with van der Waals surface area (Å²) in [5, 5.41) is 13.0. The Labute approximate surface area is 111 Å². The number of H-pyrrole nitrogens is 1. The lowest BCUT2D eigenvalue weighted by Crippen LogP contribution is -2.23. The van der Waals surface area contributed by atoms with E-state index in [0.29, 0.717) is 12.1 Å².